The summed E-state index contributed by atoms with van der Waals surface area (Å²) in [7, 11) is 0. The topological polar surface area (TPSA) is 155 Å². The highest BCUT2D eigenvalue weighted by atomic mass is 32.1. The summed E-state index contributed by atoms with van der Waals surface area (Å²) in [6.07, 6.45) is -1.43. The molecule has 1 aromatic heterocycles. The number of hydrogen-bond donors (Lipinski definition) is 4. The number of carbonyl (C=O) groups is 3. The highest BCUT2D eigenvalue weighted by molar-refractivity contribution is 7.09. The number of nitrogens with zero attached hydrogens (tertiary/aromatic N) is 3. The lowest BCUT2D eigenvalue weighted by molar-refractivity contribution is -0.132. The fourth-order valence-electron chi connectivity index (χ4n) is 6.35. The van der Waals surface area contributed by atoms with Gasteiger partial charge in [-0.25, -0.2) is 9.78 Å². The van der Waals surface area contributed by atoms with Crippen LogP contribution in [0.5, 0.6) is 11.5 Å². The molecular weight excluding hydrogens is 685 g/mol. The van der Waals surface area contributed by atoms with Gasteiger partial charge in [0.05, 0.1) is 22.8 Å². The molecule has 14 heteroatoms. The van der Waals surface area contributed by atoms with Crippen molar-refractivity contribution in [3.8, 4) is 11.5 Å². The predicted molar refractivity (Wildman–Crippen MR) is 198 cm³/mol. The van der Waals surface area contributed by atoms with E-state index in [2.05, 4.69) is 25.8 Å². The highest BCUT2D eigenvalue weighted by Crippen LogP contribution is 2.33. The van der Waals surface area contributed by atoms with Gasteiger partial charge in [-0.05, 0) is 63.3 Å². The van der Waals surface area contributed by atoms with E-state index in [0.717, 1.165) is 21.9 Å². The van der Waals surface area contributed by atoms with Gasteiger partial charge in [0.1, 0.15) is 18.7 Å². The first-order chi connectivity index (χ1) is 24.7. The van der Waals surface area contributed by atoms with E-state index < -0.39 is 41.8 Å². The quantitative estimate of drug-likeness (QED) is 0.193. The van der Waals surface area contributed by atoms with Crippen LogP contribution in [0, 0.1) is 12.8 Å². The zero-order valence-corrected chi connectivity index (χ0v) is 31.7. The number of aryl methyl sites for hydroxylation is 1. The normalized spacial score (nSPS) is 18.0. The van der Waals surface area contributed by atoms with Crippen LogP contribution < -0.4 is 25.4 Å². The largest absolute Gasteiger partial charge is 0.454 e. The van der Waals surface area contributed by atoms with E-state index in [1.165, 1.54) is 11.3 Å². The Morgan fingerprint density at radius 1 is 1.04 bits per heavy atom. The third-order valence-electron chi connectivity index (χ3n) is 8.97. The highest BCUT2D eigenvalue weighted by Gasteiger charge is 2.37. The summed E-state index contributed by atoms with van der Waals surface area (Å²) in [5.74, 6) is 0.595. The van der Waals surface area contributed by atoms with Crippen molar-refractivity contribution in [3.05, 3.63) is 75.7 Å². The maximum Gasteiger partial charge on any atom is 0.408 e. The molecule has 0 spiro atoms. The zero-order chi connectivity index (χ0) is 37.4. The molecule has 52 heavy (non-hydrogen) atoms. The molecule has 3 heterocycles. The van der Waals surface area contributed by atoms with Crippen LogP contribution in [0.3, 0.4) is 0 Å². The Morgan fingerprint density at radius 2 is 1.79 bits per heavy atom. The van der Waals surface area contributed by atoms with Gasteiger partial charge in [-0.2, -0.15) is 0 Å². The summed E-state index contributed by atoms with van der Waals surface area (Å²) in [4.78, 5) is 48.9. The van der Waals surface area contributed by atoms with Gasteiger partial charge >= 0.3 is 6.09 Å². The average molecular weight is 737 g/mol. The van der Waals surface area contributed by atoms with E-state index in [1.54, 1.807) is 0 Å². The van der Waals surface area contributed by atoms with Crippen molar-refractivity contribution in [2.75, 3.05) is 33.0 Å². The van der Waals surface area contributed by atoms with Gasteiger partial charge in [0, 0.05) is 43.6 Å². The molecule has 4 N–H and O–H groups in total. The van der Waals surface area contributed by atoms with E-state index in [-0.39, 0.29) is 31.8 Å². The van der Waals surface area contributed by atoms with Crippen LogP contribution in [0.1, 0.15) is 56.4 Å². The smallest absolute Gasteiger partial charge is 0.408 e. The van der Waals surface area contributed by atoms with E-state index in [0.29, 0.717) is 44.0 Å². The molecule has 0 saturated carbocycles. The number of hydrogen-bond acceptors (Lipinski definition) is 11. The molecule has 2 aliphatic heterocycles. The van der Waals surface area contributed by atoms with Gasteiger partial charge < -0.3 is 35.3 Å². The van der Waals surface area contributed by atoms with Crippen LogP contribution in [-0.4, -0.2) is 101 Å². The molecule has 1 fully saturated rings. The van der Waals surface area contributed by atoms with Crippen molar-refractivity contribution >= 4 is 29.2 Å². The van der Waals surface area contributed by atoms with Gasteiger partial charge in [0.25, 0.3) is 0 Å². The van der Waals surface area contributed by atoms with E-state index in [4.69, 9.17) is 14.2 Å². The van der Waals surface area contributed by atoms with E-state index in [1.807, 2.05) is 100 Å². The maximum atomic E-state index is 13.8. The number of rotatable bonds is 14. The second-order valence-electron chi connectivity index (χ2n) is 14.8. The summed E-state index contributed by atoms with van der Waals surface area (Å²) < 4.78 is 16.4. The third-order valence-corrected chi connectivity index (χ3v) is 9.79. The number of amides is 3. The lowest BCUT2D eigenvalue weighted by atomic mass is 9.97. The SMILES string of the molecule is Cc1nc(COC(=O)N[C@H](C(=O)N[C@@H](Cc2ccccc2)[C@H](O)CN2CCN(Cc3ccc4c(c3)OCO4)C[C@H]2C(=O)NC(C)(C)C)C(C)C)cs1. The van der Waals surface area contributed by atoms with Gasteiger partial charge in [-0.3, -0.25) is 19.4 Å². The number of aliphatic hydroxyl groups is 1. The van der Waals surface area contributed by atoms with Crippen molar-refractivity contribution in [2.45, 2.75) is 90.9 Å². The Morgan fingerprint density at radius 3 is 2.48 bits per heavy atom. The molecule has 3 amide bonds. The van der Waals surface area contributed by atoms with Crippen LogP contribution in [0.4, 0.5) is 4.79 Å². The van der Waals surface area contributed by atoms with E-state index >= 15 is 0 Å². The van der Waals surface area contributed by atoms with Crippen LogP contribution in [0.2, 0.25) is 0 Å². The fourth-order valence-corrected chi connectivity index (χ4v) is 6.94. The Labute approximate surface area is 310 Å². The molecule has 0 unspecified atom stereocenters. The van der Waals surface area contributed by atoms with Crippen molar-refractivity contribution in [1.29, 1.82) is 0 Å². The predicted octanol–water partition coefficient (Wildman–Crippen LogP) is 3.62. The van der Waals surface area contributed by atoms with Crippen molar-refractivity contribution < 1.29 is 33.7 Å². The Bertz CT molecular complexity index is 1660. The lowest BCUT2D eigenvalue weighted by Gasteiger charge is -2.43. The number of aliphatic hydroxyl groups excluding tert-OH is 1. The molecule has 2 aliphatic rings. The minimum absolute atomic E-state index is 0.00807. The van der Waals surface area contributed by atoms with Crippen LogP contribution >= 0.6 is 11.3 Å². The Kier molecular flexibility index (Phi) is 13.1. The molecule has 13 nitrogen and oxygen atoms in total. The number of piperazine rings is 1. The molecule has 0 radical (unpaired) electrons. The van der Waals surface area contributed by atoms with Gasteiger partial charge in [0.2, 0.25) is 18.6 Å². The molecule has 2 aromatic carbocycles. The number of carbonyl (C=O) groups excluding carboxylic acids is 3. The second-order valence-corrected chi connectivity index (χ2v) is 15.9. The van der Waals surface area contributed by atoms with Crippen LogP contribution in [0.15, 0.2) is 53.9 Å². The monoisotopic (exact) mass is 736 g/mol. The summed E-state index contributed by atoms with van der Waals surface area (Å²) in [5.41, 5.74) is 2.16. The standard InChI is InChI=1S/C38H52N6O7S/c1-24(2)34(41-37(48)49-21-28-22-52-25(3)39-28)36(47)40-29(16-26-10-8-7-9-11-26)31(45)20-44-15-14-43(19-30(44)35(46)42-38(4,5)6)18-27-12-13-32-33(17-27)51-23-50-32/h7-13,17,22,24,29-31,34,45H,14-16,18-21,23H2,1-6H3,(H,40,47)(H,41,48)(H,42,46)/t29-,30-,31+,34-/m0/s1. The van der Waals surface area contributed by atoms with Gasteiger partial charge in [-0.1, -0.05) is 50.2 Å². The number of nitrogens with one attached hydrogen (secondary N) is 3. The Balaban J connectivity index is 1.28. The number of benzene rings is 2. The van der Waals surface area contributed by atoms with Gasteiger partial charge in [0.15, 0.2) is 11.5 Å². The average Bonchev–Trinajstić information content (AvgIpc) is 3.74. The van der Waals surface area contributed by atoms with Crippen LogP contribution in [0.25, 0.3) is 0 Å². The summed E-state index contributed by atoms with van der Waals surface area (Å²) >= 11 is 1.46. The first kappa shape index (κ1) is 39.0. The minimum atomic E-state index is -1.04. The van der Waals surface area contributed by atoms with Crippen LogP contribution in [-0.2, 0) is 33.9 Å². The molecule has 1 saturated heterocycles. The number of fused-ring (bicyclic) bond motifs is 1. The molecule has 3 aromatic rings. The summed E-state index contributed by atoms with van der Waals surface area (Å²) in [6, 6.07) is 13.3. The zero-order valence-electron chi connectivity index (χ0n) is 30.9. The number of alkyl carbamates (subject to hydrolysis) is 1. The number of β-amino-alcohol motifs (C(OH)–C–C–N with tert-alkyl or cyclic N) is 1. The minimum Gasteiger partial charge on any atom is -0.454 e. The molecule has 5 rings (SSSR count). The number of aromatic nitrogens is 1. The molecular formula is C38H52N6O7S. The first-order valence-corrected chi connectivity index (χ1v) is 18.7. The molecule has 0 aliphatic carbocycles. The van der Waals surface area contributed by atoms with Crippen molar-refractivity contribution in [3.63, 3.8) is 0 Å². The molecule has 0 bridgehead atoms. The third kappa shape index (κ3) is 11.1. The maximum absolute atomic E-state index is 13.8. The lowest BCUT2D eigenvalue weighted by Crippen LogP contribution is -2.63. The summed E-state index contributed by atoms with van der Waals surface area (Å²) in [5, 5.41) is 23.4. The second kappa shape index (κ2) is 17.5. The Hall–Kier alpha value is -4.24. The van der Waals surface area contributed by atoms with E-state index in [9.17, 15) is 19.5 Å². The first-order valence-electron chi connectivity index (χ1n) is 17.8. The van der Waals surface area contributed by atoms with Crippen molar-refractivity contribution in [1.82, 2.24) is 30.7 Å². The number of ether oxygens (including phenoxy) is 3. The fraction of sp³-hybridized carbons (Fsp3) is 0.526. The molecule has 282 valence electrons. The number of thiazole rings is 1. The van der Waals surface area contributed by atoms with Gasteiger partial charge in [-0.15, -0.1) is 11.3 Å². The summed E-state index contributed by atoms with van der Waals surface area (Å²) in [6.45, 7) is 14.0. The molecule has 4 atom stereocenters. The van der Waals surface area contributed by atoms with Crippen molar-refractivity contribution in [2.24, 2.45) is 5.92 Å².